The molecule has 1 aliphatic rings. The van der Waals surface area contributed by atoms with E-state index in [4.69, 9.17) is 0 Å². The van der Waals surface area contributed by atoms with Crippen molar-refractivity contribution >= 4 is 0 Å². The summed E-state index contributed by atoms with van der Waals surface area (Å²) in [6.45, 7) is 0.967. The van der Waals surface area contributed by atoms with Gasteiger partial charge in [-0.05, 0) is 26.7 Å². The highest BCUT2D eigenvalue weighted by Gasteiger charge is 2.61. The standard InChI is InChI=1S/C14H20F9NO/c1-8(12(17,18)10(15)14(21,22)23)25-9(2)13(19,20)11(16)24-6-4-3-5-7-24/h8-11H,3-7H2,1-2H3. The molecule has 4 unspecified atom stereocenters. The van der Waals surface area contributed by atoms with E-state index in [1.807, 2.05) is 0 Å². The molecular formula is C14H20F9NO. The number of rotatable bonds is 7. The molecule has 0 aliphatic carbocycles. The third-order valence-corrected chi connectivity index (χ3v) is 4.15. The lowest BCUT2D eigenvalue weighted by atomic mass is 10.1. The van der Waals surface area contributed by atoms with Crippen molar-refractivity contribution in [2.24, 2.45) is 0 Å². The van der Waals surface area contributed by atoms with E-state index in [0.717, 1.165) is 11.3 Å². The van der Waals surface area contributed by atoms with Crippen molar-refractivity contribution in [1.29, 1.82) is 0 Å². The zero-order valence-electron chi connectivity index (χ0n) is 13.6. The fourth-order valence-electron chi connectivity index (χ4n) is 2.49. The fourth-order valence-corrected chi connectivity index (χ4v) is 2.49. The van der Waals surface area contributed by atoms with Gasteiger partial charge in [-0.15, -0.1) is 0 Å². The van der Waals surface area contributed by atoms with Gasteiger partial charge >= 0.3 is 18.0 Å². The first kappa shape index (κ1) is 22.3. The minimum Gasteiger partial charge on any atom is -0.363 e. The van der Waals surface area contributed by atoms with Crippen molar-refractivity contribution in [1.82, 2.24) is 4.90 Å². The second kappa shape index (κ2) is 7.89. The van der Waals surface area contributed by atoms with E-state index in [1.54, 1.807) is 0 Å². The molecule has 150 valence electrons. The molecule has 0 aromatic carbocycles. The van der Waals surface area contributed by atoms with Crippen molar-refractivity contribution < 1.29 is 44.3 Å². The van der Waals surface area contributed by atoms with Crippen LogP contribution in [0.4, 0.5) is 39.5 Å². The van der Waals surface area contributed by atoms with Crippen molar-refractivity contribution in [3.63, 3.8) is 0 Å². The maximum Gasteiger partial charge on any atom is 0.425 e. The van der Waals surface area contributed by atoms with Crippen molar-refractivity contribution in [2.45, 2.75) is 75.8 Å². The minimum absolute atomic E-state index is 0.0375. The largest absolute Gasteiger partial charge is 0.425 e. The van der Waals surface area contributed by atoms with Crippen LogP contribution in [0, 0.1) is 0 Å². The Morgan fingerprint density at radius 3 is 1.64 bits per heavy atom. The zero-order valence-corrected chi connectivity index (χ0v) is 13.6. The first-order chi connectivity index (χ1) is 11.2. The van der Waals surface area contributed by atoms with Crippen LogP contribution in [0.25, 0.3) is 0 Å². The molecule has 0 amide bonds. The molecule has 25 heavy (non-hydrogen) atoms. The lowest BCUT2D eigenvalue weighted by Crippen LogP contribution is -2.56. The molecule has 1 saturated heterocycles. The second-order valence-corrected chi connectivity index (χ2v) is 6.11. The molecule has 0 spiro atoms. The maximum atomic E-state index is 14.1. The predicted octanol–water partition coefficient (Wildman–Crippen LogP) is 4.73. The second-order valence-electron chi connectivity index (χ2n) is 6.11. The molecule has 0 N–H and O–H groups in total. The molecule has 1 aliphatic heterocycles. The van der Waals surface area contributed by atoms with Crippen LogP contribution in [0.5, 0.6) is 0 Å². The summed E-state index contributed by atoms with van der Waals surface area (Å²) >= 11 is 0. The Kier molecular flexibility index (Phi) is 7.05. The normalized spacial score (nSPS) is 23.2. The highest BCUT2D eigenvalue weighted by Crippen LogP contribution is 2.40. The summed E-state index contributed by atoms with van der Waals surface area (Å²) in [5.41, 5.74) is 0. The highest BCUT2D eigenvalue weighted by atomic mass is 19.4. The lowest BCUT2D eigenvalue weighted by Gasteiger charge is -2.38. The van der Waals surface area contributed by atoms with Gasteiger partial charge in [0.1, 0.15) is 12.2 Å². The Hall–Kier alpha value is -0.710. The van der Waals surface area contributed by atoms with Crippen LogP contribution in [0.15, 0.2) is 0 Å². The van der Waals surface area contributed by atoms with Crippen LogP contribution < -0.4 is 0 Å². The Bertz CT molecular complexity index is 423. The van der Waals surface area contributed by atoms with Crippen molar-refractivity contribution in [3.05, 3.63) is 0 Å². The van der Waals surface area contributed by atoms with E-state index >= 15 is 0 Å². The molecule has 1 heterocycles. The lowest BCUT2D eigenvalue weighted by molar-refractivity contribution is -0.290. The van der Waals surface area contributed by atoms with Crippen molar-refractivity contribution in [3.8, 4) is 0 Å². The number of hydrogen-bond donors (Lipinski definition) is 0. The number of halogens is 9. The quantitative estimate of drug-likeness (QED) is 0.461. The molecule has 2 nitrogen and oxygen atoms in total. The van der Waals surface area contributed by atoms with Crippen LogP contribution in [0.1, 0.15) is 33.1 Å². The van der Waals surface area contributed by atoms with Gasteiger partial charge in [0.25, 0.3) is 6.17 Å². The Morgan fingerprint density at radius 1 is 0.760 bits per heavy atom. The molecule has 11 heteroatoms. The fraction of sp³-hybridized carbons (Fsp3) is 1.00. The van der Waals surface area contributed by atoms with Crippen LogP contribution in [-0.2, 0) is 4.74 Å². The number of alkyl halides is 9. The monoisotopic (exact) mass is 389 g/mol. The predicted molar refractivity (Wildman–Crippen MR) is 71.2 cm³/mol. The molecule has 0 radical (unpaired) electrons. The summed E-state index contributed by atoms with van der Waals surface area (Å²) in [5, 5.41) is 0. The van der Waals surface area contributed by atoms with Crippen LogP contribution >= 0.6 is 0 Å². The average molecular weight is 389 g/mol. The Labute approximate surface area is 139 Å². The van der Waals surface area contributed by atoms with Crippen LogP contribution in [-0.4, -0.2) is 60.7 Å². The summed E-state index contributed by atoms with van der Waals surface area (Å²) in [7, 11) is 0. The minimum atomic E-state index is -5.89. The van der Waals surface area contributed by atoms with E-state index in [9.17, 15) is 39.5 Å². The summed E-state index contributed by atoms with van der Waals surface area (Å²) < 4.78 is 123. The molecule has 1 fully saturated rings. The van der Waals surface area contributed by atoms with Gasteiger partial charge in [-0.3, -0.25) is 4.90 Å². The summed E-state index contributed by atoms with van der Waals surface area (Å²) in [6.07, 6.45) is -16.9. The third kappa shape index (κ3) is 5.15. The van der Waals surface area contributed by atoms with E-state index in [0.29, 0.717) is 26.7 Å². The van der Waals surface area contributed by atoms with Gasteiger partial charge < -0.3 is 4.74 Å². The molecule has 1 rings (SSSR count). The molecule has 0 aromatic heterocycles. The number of nitrogens with zero attached hydrogens (tertiary/aromatic N) is 1. The molecule has 4 atom stereocenters. The summed E-state index contributed by atoms with van der Waals surface area (Å²) in [6, 6.07) is 0. The van der Waals surface area contributed by atoms with E-state index in [1.165, 1.54) is 0 Å². The van der Waals surface area contributed by atoms with Gasteiger partial charge in [-0.2, -0.15) is 22.0 Å². The smallest absolute Gasteiger partial charge is 0.363 e. The average Bonchev–Trinajstić information content (AvgIpc) is 2.52. The van der Waals surface area contributed by atoms with Gasteiger partial charge in [0.05, 0.1) is 0 Å². The molecular weight excluding hydrogens is 369 g/mol. The Balaban J connectivity index is 2.79. The van der Waals surface area contributed by atoms with Gasteiger partial charge in [-0.25, -0.2) is 17.6 Å². The van der Waals surface area contributed by atoms with Gasteiger partial charge in [0, 0.05) is 13.1 Å². The molecule has 0 saturated carbocycles. The van der Waals surface area contributed by atoms with Gasteiger partial charge in [-0.1, -0.05) is 6.42 Å². The number of hydrogen-bond acceptors (Lipinski definition) is 2. The highest BCUT2D eigenvalue weighted by molar-refractivity contribution is 4.91. The molecule has 0 aromatic rings. The first-order valence-electron chi connectivity index (χ1n) is 7.72. The zero-order chi connectivity index (χ0) is 19.6. The number of piperidine rings is 1. The number of ether oxygens (including phenoxy) is 1. The van der Waals surface area contributed by atoms with Crippen molar-refractivity contribution in [2.75, 3.05) is 13.1 Å². The van der Waals surface area contributed by atoms with Crippen LogP contribution in [0.3, 0.4) is 0 Å². The van der Waals surface area contributed by atoms with E-state index in [2.05, 4.69) is 4.74 Å². The number of likely N-dealkylation sites (tertiary alicyclic amines) is 1. The Morgan fingerprint density at radius 2 is 1.20 bits per heavy atom. The molecule has 0 bridgehead atoms. The van der Waals surface area contributed by atoms with Gasteiger partial charge in [0.2, 0.25) is 6.30 Å². The SMILES string of the molecule is CC(OC(C)C(F)(F)C(F)C(F)(F)F)C(F)(F)C(F)N1CCCCC1. The van der Waals surface area contributed by atoms with Gasteiger partial charge in [0.15, 0.2) is 0 Å². The van der Waals surface area contributed by atoms with E-state index < -0.39 is 42.7 Å². The third-order valence-electron chi connectivity index (χ3n) is 4.15. The maximum absolute atomic E-state index is 14.1. The first-order valence-corrected chi connectivity index (χ1v) is 7.72. The van der Waals surface area contributed by atoms with Crippen LogP contribution in [0.2, 0.25) is 0 Å². The summed E-state index contributed by atoms with van der Waals surface area (Å²) in [5.74, 6) is -9.36. The topological polar surface area (TPSA) is 12.5 Å². The summed E-state index contributed by atoms with van der Waals surface area (Å²) in [4.78, 5) is 0.819. The van der Waals surface area contributed by atoms with E-state index in [-0.39, 0.29) is 13.1 Å².